The summed E-state index contributed by atoms with van der Waals surface area (Å²) in [6, 6.07) is 15.1. The third-order valence-electron chi connectivity index (χ3n) is 2.86. The van der Waals surface area contributed by atoms with E-state index >= 15 is 0 Å². The fourth-order valence-electron chi connectivity index (χ4n) is 1.81. The zero-order chi connectivity index (χ0) is 13.8. The third-order valence-corrected chi connectivity index (χ3v) is 3.54. The molecule has 0 radical (unpaired) electrons. The molecule has 0 atom stereocenters. The zero-order valence-corrected chi connectivity index (χ0v) is 12.2. The largest absolute Gasteiger partial charge is 0.398 e. The highest BCUT2D eigenvalue weighted by molar-refractivity contribution is 9.10. The molecule has 98 valence electrons. The van der Waals surface area contributed by atoms with E-state index < -0.39 is 0 Å². The lowest BCUT2D eigenvalue weighted by Gasteiger charge is -2.17. The lowest BCUT2D eigenvalue weighted by atomic mass is 10.1. The SMILES string of the molecule is CN(Cc1ccccc1)C(=O)c1ccc(N)c(Br)c1. The highest BCUT2D eigenvalue weighted by Crippen LogP contribution is 2.21. The van der Waals surface area contributed by atoms with E-state index in [2.05, 4.69) is 15.9 Å². The van der Waals surface area contributed by atoms with E-state index in [-0.39, 0.29) is 5.91 Å². The third kappa shape index (κ3) is 3.35. The van der Waals surface area contributed by atoms with Crippen molar-refractivity contribution in [2.45, 2.75) is 6.54 Å². The minimum absolute atomic E-state index is 0.0236. The van der Waals surface area contributed by atoms with Crippen molar-refractivity contribution >= 4 is 27.5 Å². The van der Waals surface area contributed by atoms with Crippen molar-refractivity contribution in [2.24, 2.45) is 0 Å². The monoisotopic (exact) mass is 318 g/mol. The minimum Gasteiger partial charge on any atom is -0.398 e. The summed E-state index contributed by atoms with van der Waals surface area (Å²) in [5.41, 5.74) is 8.07. The second-order valence-corrected chi connectivity index (χ2v) is 5.24. The van der Waals surface area contributed by atoms with Gasteiger partial charge in [0.05, 0.1) is 0 Å². The molecule has 2 aromatic rings. The Labute approximate surface area is 121 Å². The summed E-state index contributed by atoms with van der Waals surface area (Å²) in [4.78, 5) is 14.0. The van der Waals surface area contributed by atoms with Crippen molar-refractivity contribution in [1.29, 1.82) is 0 Å². The second-order valence-electron chi connectivity index (χ2n) is 4.38. The molecule has 0 saturated heterocycles. The van der Waals surface area contributed by atoms with Gasteiger partial charge in [0.15, 0.2) is 0 Å². The molecular weight excluding hydrogens is 304 g/mol. The fraction of sp³-hybridized carbons (Fsp3) is 0.133. The Balaban J connectivity index is 2.12. The number of nitrogens with zero attached hydrogens (tertiary/aromatic N) is 1. The maximum absolute atomic E-state index is 12.3. The van der Waals surface area contributed by atoms with Crippen LogP contribution in [-0.4, -0.2) is 17.9 Å². The molecular formula is C15H15BrN2O. The van der Waals surface area contributed by atoms with Gasteiger partial charge in [-0.25, -0.2) is 0 Å². The molecule has 3 nitrogen and oxygen atoms in total. The molecule has 2 rings (SSSR count). The summed E-state index contributed by atoms with van der Waals surface area (Å²) in [5.74, 6) is -0.0236. The van der Waals surface area contributed by atoms with E-state index in [0.717, 1.165) is 10.0 Å². The number of nitrogens with two attached hydrogens (primary N) is 1. The molecule has 4 heteroatoms. The number of anilines is 1. The highest BCUT2D eigenvalue weighted by Gasteiger charge is 2.12. The quantitative estimate of drug-likeness (QED) is 0.882. The van der Waals surface area contributed by atoms with E-state index in [1.807, 2.05) is 30.3 Å². The summed E-state index contributed by atoms with van der Waals surface area (Å²) in [6.45, 7) is 0.585. The Morgan fingerprint density at radius 3 is 2.53 bits per heavy atom. The standard InChI is InChI=1S/C15H15BrN2O/c1-18(10-11-5-3-2-4-6-11)15(19)12-7-8-14(17)13(16)9-12/h2-9H,10,17H2,1H3. The number of hydrogen-bond donors (Lipinski definition) is 1. The van der Waals surface area contributed by atoms with Gasteiger partial charge in [0.25, 0.3) is 5.91 Å². The van der Waals surface area contributed by atoms with Crippen LogP contribution in [0.25, 0.3) is 0 Å². The van der Waals surface area contributed by atoms with Crippen molar-refractivity contribution in [3.63, 3.8) is 0 Å². The second kappa shape index (κ2) is 5.89. The highest BCUT2D eigenvalue weighted by atomic mass is 79.9. The molecule has 0 saturated carbocycles. The van der Waals surface area contributed by atoms with E-state index in [1.54, 1.807) is 30.1 Å². The van der Waals surface area contributed by atoms with Gasteiger partial charge in [-0.3, -0.25) is 4.79 Å². The predicted octanol–water partition coefficient (Wildman–Crippen LogP) is 3.30. The van der Waals surface area contributed by atoms with Gasteiger partial charge in [-0.1, -0.05) is 30.3 Å². The van der Waals surface area contributed by atoms with Crippen LogP contribution in [0, 0.1) is 0 Å². The van der Waals surface area contributed by atoms with Gasteiger partial charge >= 0.3 is 0 Å². The first-order chi connectivity index (χ1) is 9.08. The van der Waals surface area contributed by atoms with Crippen LogP contribution < -0.4 is 5.73 Å². The molecule has 0 bridgehead atoms. The lowest BCUT2D eigenvalue weighted by molar-refractivity contribution is 0.0785. The minimum atomic E-state index is -0.0236. The summed E-state index contributed by atoms with van der Waals surface area (Å²) in [6.07, 6.45) is 0. The van der Waals surface area contributed by atoms with Crippen LogP contribution in [0.1, 0.15) is 15.9 Å². The Hall–Kier alpha value is -1.81. The van der Waals surface area contributed by atoms with E-state index in [0.29, 0.717) is 17.8 Å². The molecule has 2 N–H and O–H groups in total. The van der Waals surface area contributed by atoms with Crippen LogP contribution >= 0.6 is 15.9 Å². The van der Waals surface area contributed by atoms with Gasteiger partial charge in [-0.15, -0.1) is 0 Å². The fourth-order valence-corrected chi connectivity index (χ4v) is 2.19. The number of halogens is 1. The first-order valence-corrected chi connectivity index (χ1v) is 6.71. The average molecular weight is 319 g/mol. The Bertz CT molecular complexity index is 584. The predicted molar refractivity (Wildman–Crippen MR) is 80.8 cm³/mol. The van der Waals surface area contributed by atoms with Gasteiger partial charge in [0, 0.05) is 29.3 Å². The molecule has 0 aliphatic heterocycles. The van der Waals surface area contributed by atoms with Crippen LogP contribution in [0.3, 0.4) is 0 Å². The summed E-state index contributed by atoms with van der Waals surface area (Å²) in [5, 5.41) is 0. The van der Waals surface area contributed by atoms with E-state index in [9.17, 15) is 4.79 Å². The van der Waals surface area contributed by atoms with Gasteiger partial charge in [-0.2, -0.15) is 0 Å². The number of benzene rings is 2. The molecule has 1 amide bonds. The Morgan fingerprint density at radius 2 is 1.89 bits per heavy atom. The van der Waals surface area contributed by atoms with Gasteiger partial charge in [0.1, 0.15) is 0 Å². The van der Waals surface area contributed by atoms with Crippen molar-refractivity contribution in [3.05, 3.63) is 64.1 Å². The molecule has 0 fully saturated rings. The Kier molecular flexibility index (Phi) is 4.22. The summed E-state index contributed by atoms with van der Waals surface area (Å²) in [7, 11) is 1.79. The first-order valence-electron chi connectivity index (χ1n) is 5.92. The number of carbonyl (C=O) groups excluding carboxylic acids is 1. The number of amides is 1. The van der Waals surface area contributed by atoms with Crippen molar-refractivity contribution < 1.29 is 4.79 Å². The van der Waals surface area contributed by atoms with Gasteiger partial charge in [-0.05, 0) is 39.7 Å². The van der Waals surface area contributed by atoms with Crippen molar-refractivity contribution in [1.82, 2.24) is 4.90 Å². The maximum atomic E-state index is 12.3. The average Bonchev–Trinajstić information content (AvgIpc) is 2.42. The Morgan fingerprint density at radius 1 is 1.21 bits per heavy atom. The van der Waals surface area contributed by atoms with Crippen molar-refractivity contribution in [3.8, 4) is 0 Å². The van der Waals surface area contributed by atoms with Crippen LogP contribution in [0.2, 0.25) is 0 Å². The molecule has 0 spiro atoms. The number of rotatable bonds is 3. The number of nitrogen functional groups attached to an aromatic ring is 1. The van der Waals surface area contributed by atoms with E-state index in [4.69, 9.17) is 5.73 Å². The topological polar surface area (TPSA) is 46.3 Å². The van der Waals surface area contributed by atoms with Crippen LogP contribution in [0.5, 0.6) is 0 Å². The number of hydrogen-bond acceptors (Lipinski definition) is 2. The molecule has 0 aromatic heterocycles. The molecule has 0 aliphatic carbocycles. The number of carbonyl (C=O) groups is 1. The molecule has 19 heavy (non-hydrogen) atoms. The first kappa shape index (κ1) is 13.6. The molecule has 0 heterocycles. The lowest BCUT2D eigenvalue weighted by Crippen LogP contribution is -2.26. The molecule has 0 unspecified atom stereocenters. The van der Waals surface area contributed by atoms with Crippen LogP contribution in [0.4, 0.5) is 5.69 Å². The van der Waals surface area contributed by atoms with Gasteiger partial charge in [0.2, 0.25) is 0 Å². The summed E-state index contributed by atoms with van der Waals surface area (Å²) >= 11 is 3.33. The normalized spacial score (nSPS) is 10.2. The van der Waals surface area contributed by atoms with Crippen LogP contribution in [-0.2, 0) is 6.54 Å². The zero-order valence-electron chi connectivity index (χ0n) is 10.6. The van der Waals surface area contributed by atoms with E-state index in [1.165, 1.54) is 0 Å². The smallest absolute Gasteiger partial charge is 0.253 e. The molecule has 0 aliphatic rings. The van der Waals surface area contributed by atoms with Crippen molar-refractivity contribution in [2.75, 3.05) is 12.8 Å². The van der Waals surface area contributed by atoms with Gasteiger partial charge < -0.3 is 10.6 Å². The maximum Gasteiger partial charge on any atom is 0.253 e. The summed E-state index contributed by atoms with van der Waals surface area (Å²) < 4.78 is 0.742. The van der Waals surface area contributed by atoms with Crippen LogP contribution in [0.15, 0.2) is 53.0 Å². The molecule has 2 aromatic carbocycles.